The Balaban J connectivity index is 1.47. The summed E-state index contributed by atoms with van der Waals surface area (Å²) in [5.41, 5.74) is 1.09. The Morgan fingerprint density at radius 1 is 1.16 bits per heavy atom. The fourth-order valence-corrected chi connectivity index (χ4v) is 2.99. The van der Waals surface area contributed by atoms with Crippen molar-refractivity contribution in [1.82, 2.24) is 15.2 Å². The van der Waals surface area contributed by atoms with Crippen molar-refractivity contribution in [2.45, 2.75) is 25.3 Å². The minimum Gasteiger partial charge on any atom is -0.353 e. The molecule has 2 aromatic rings. The molecule has 1 N–H and O–H groups in total. The number of halogens is 1. The largest absolute Gasteiger partial charge is 0.353 e. The van der Waals surface area contributed by atoms with Crippen LogP contribution in [-0.2, 0) is 11.2 Å². The Morgan fingerprint density at radius 3 is 2.64 bits per heavy atom. The van der Waals surface area contributed by atoms with Crippen molar-refractivity contribution >= 4 is 11.8 Å². The van der Waals surface area contributed by atoms with Crippen LogP contribution in [0.5, 0.6) is 0 Å². The van der Waals surface area contributed by atoms with E-state index in [1.807, 2.05) is 0 Å². The lowest BCUT2D eigenvalue weighted by Crippen LogP contribution is -2.47. The van der Waals surface area contributed by atoms with Gasteiger partial charge in [-0.15, -0.1) is 0 Å². The van der Waals surface area contributed by atoms with E-state index in [1.54, 1.807) is 41.4 Å². The quantitative estimate of drug-likeness (QED) is 0.927. The second-order valence-corrected chi connectivity index (χ2v) is 6.16. The predicted molar refractivity (Wildman–Crippen MR) is 91.4 cm³/mol. The van der Waals surface area contributed by atoms with Gasteiger partial charge in [0.2, 0.25) is 5.91 Å². The summed E-state index contributed by atoms with van der Waals surface area (Å²) in [7, 11) is 0. The summed E-state index contributed by atoms with van der Waals surface area (Å²) in [4.78, 5) is 30.3. The Kier molecular flexibility index (Phi) is 5.38. The number of nitrogens with zero attached hydrogens (tertiary/aromatic N) is 2. The number of nitrogens with one attached hydrogen (secondary N) is 1. The number of aromatic nitrogens is 1. The van der Waals surface area contributed by atoms with Crippen molar-refractivity contribution in [2.75, 3.05) is 13.1 Å². The van der Waals surface area contributed by atoms with Crippen molar-refractivity contribution in [3.63, 3.8) is 0 Å². The summed E-state index contributed by atoms with van der Waals surface area (Å²) in [5.74, 6) is -0.545. The molecule has 1 aromatic heterocycles. The normalized spacial score (nSPS) is 15.0. The molecule has 6 heteroatoms. The minimum absolute atomic E-state index is 0.0360. The zero-order chi connectivity index (χ0) is 17.6. The monoisotopic (exact) mass is 341 g/mol. The molecule has 0 bridgehead atoms. The van der Waals surface area contributed by atoms with Gasteiger partial charge in [-0.05, 0) is 42.7 Å². The molecule has 1 aromatic carbocycles. The fourth-order valence-electron chi connectivity index (χ4n) is 2.99. The van der Waals surface area contributed by atoms with Crippen LogP contribution in [0.1, 0.15) is 28.9 Å². The van der Waals surface area contributed by atoms with Crippen molar-refractivity contribution < 1.29 is 14.0 Å². The lowest BCUT2D eigenvalue weighted by atomic mass is 10.0. The Morgan fingerprint density at radius 2 is 1.96 bits per heavy atom. The molecule has 25 heavy (non-hydrogen) atoms. The number of hydrogen-bond acceptors (Lipinski definition) is 3. The average molecular weight is 341 g/mol. The zero-order valence-electron chi connectivity index (χ0n) is 13.8. The van der Waals surface area contributed by atoms with Crippen molar-refractivity contribution in [3.8, 4) is 0 Å². The van der Waals surface area contributed by atoms with E-state index in [1.165, 1.54) is 12.1 Å². The van der Waals surface area contributed by atoms with E-state index < -0.39 is 0 Å². The van der Waals surface area contributed by atoms with Crippen LogP contribution in [0.4, 0.5) is 4.39 Å². The van der Waals surface area contributed by atoms with Gasteiger partial charge in [0.25, 0.3) is 5.91 Å². The first-order valence-electron chi connectivity index (χ1n) is 8.36. The van der Waals surface area contributed by atoms with E-state index in [0.29, 0.717) is 37.2 Å². The maximum Gasteiger partial charge on any atom is 0.272 e. The number of piperidine rings is 1. The molecule has 130 valence electrons. The first-order valence-corrected chi connectivity index (χ1v) is 8.36. The van der Waals surface area contributed by atoms with Crippen LogP contribution in [0.15, 0.2) is 48.7 Å². The number of benzene rings is 1. The summed E-state index contributed by atoms with van der Waals surface area (Å²) < 4.78 is 13.2. The number of carbonyl (C=O) groups is 2. The molecule has 0 spiro atoms. The van der Waals surface area contributed by atoms with Crippen LogP contribution in [0.2, 0.25) is 0 Å². The first kappa shape index (κ1) is 17.1. The number of pyridine rings is 1. The van der Waals surface area contributed by atoms with Gasteiger partial charge in [0.05, 0.1) is 6.42 Å². The molecule has 0 atom stereocenters. The number of carbonyl (C=O) groups excluding carboxylic acids is 2. The van der Waals surface area contributed by atoms with Gasteiger partial charge < -0.3 is 10.2 Å². The molecule has 0 saturated carbocycles. The van der Waals surface area contributed by atoms with Crippen molar-refractivity contribution in [3.05, 3.63) is 65.7 Å². The van der Waals surface area contributed by atoms with Crippen LogP contribution < -0.4 is 5.32 Å². The maximum atomic E-state index is 13.2. The first-order chi connectivity index (χ1) is 12.1. The predicted octanol–water partition coefficient (Wildman–Crippen LogP) is 2.18. The Hall–Kier alpha value is -2.76. The smallest absolute Gasteiger partial charge is 0.272 e. The standard InChI is InChI=1S/C19H20FN3O2/c20-15-5-3-4-14(12-15)13-18(24)22-16-7-10-23(11-8-16)19(25)17-6-1-2-9-21-17/h1-6,9,12,16H,7-8,10-11,13H2,(H,22,24). The highest BCUT2D eigenvalue weighted by Crippen LogP contribution is 2.13. The Bertz CT molecular complexity index is 743. The molecule has 3 rings (SSSR count). The summed E-state index contributed by atoms with van der Waals surface area (Å²) in [6, 6.07) is 11.4. The molecule has 0 aliphatic carbocycles. The molecule has 0 unspecified atom stereocenters. The molecule has 2 heterocycles. The third-order valence-electron chi connectivity index (χ3n) is 4.29. The molecular weight excluding hydrogens is 321 g/mol. The SMILES string of the molecule is O=C(Cc1cccc(F)c1)NC1CCN(C(=O)c2ccccn2)CC1. The number of likely N-dealkylation sites (tertiary alicyclic amines) is 1. The molecule has 1 saturated heterocycles. The van der Waals surface area contributed by atoms with Gasteiger partial charge in [-0.3, -0.25) is 14.6 Å². The van der Waals surface area contributed by atoms with E-state index in [9.17, 15) is 14.0 Å². The Labute approximate surface area is 145 Å². The van der Waals surface area contributed by atoms with Gasteiger partial charge in [0.15, 0.2) is 0 Å². The molecule has 1 aliphatic heterocycles. The van der Waals surface area contributed by atoms with Crippen molar-refractivity contribution in [2.24, 2.45) is 0 Å². The van der Waals surface area contributed by atoms with Crippen LogP contribution in [0.25, 0.3) is 0 Å². The van der Waals surface area contributed by atoms with Crippen LogP contribution in [0.3, 0.4) is 0 Å². The maximum absolute atomic E-state index is 13.2. The van der Waals surface area contributed by atoms with E-state index >= 15 is 0 Å². The summed E-state index contributed by atoms with van der Waals surface area (Å²) in [6.07, 6.45) is 3.17. The topological polar surface area (TPSA) is 62.3 Å². The average Bonchev–Trinajstić information content (AvgIpc) is 2.62. The van der Waals surface area contributed by atoms with E-state index in [0.717, 1.165) is 0 Å². The summed E-state index contributed by atoms with van der Waals surface area (Å²) >= 11 is 0. The van der Waals surface area contributed by atoms with Gasteiger partial charge in [-0.25, -0.2) is 4.39 Å². The van der Waals surface area contributed by atoms with Crippen LogP contribution in [-0.4, -0.2) is 40.8 Å². The second-order valence-electron chi connectivity index (χ2n) is 6.16. The molecule has 5 nitrogen and oxygen atoms in total. The molecular formula is C19H20FN3O2. The number of rotatable bonds is 4. The summed E-state index contributed by atoms with van der Waals surface area (Å²) in [5, 5.41) is 2.97. The lowest BCUT2D eigenvalue weighted by Gasteiger charge is -2.32. The van der Waals surface area contributed by atoms with Gasteiger partial charge in [0, 0.05) is 25.3 Å². The second kappa shape index (κ2) is 7.88. The van der Waals surface area contributed by atoms with Crippen molar-refractivity contribution in [1.29, 1.82) is 0 Å². The molecule has 0 radical (unpaired) electrons. The van der Waals surface area contributed by atoms with Crippen LogP contribution >= 0.6 is 0 Å². The number of amides is 2. The third-order valence-corrected chi connectivity index (χ3v) is 4.29. The third kappa shape index (κ3) is 4.62. The van der Waals surface area contributed by atoms with E-state index in [-0.39, 0.29) is 30.1 Å². The fraction of sp³-hybridized carbons (Fsp3) is 0.316. The lowest BCUT2D eigenvalue weighted by molar-refractivity contribution is -0.121. The highest BCUT2D eigenvalue weighted by Gasteiger charge is 2.25. The molecule has 1 fully saturated rings. The minimum atomic E-state index is -0.341. The van der Waals surface area contributed by atoms with E-state index in [2.05, 4.69) is 10.3 Å². The van der Waals surface area contributed by atoms with Gasteiger partial charge in [-0.2, -0.15) is 0 Å². The molecule has 2 amide bonds. The van der Waals surface area contributed by atoms with Crippen LogP contribution in [0, 0.1) is 5.82 Å². The number of hydrogen-bond donors (Lipinski definition) is 1. The zero-order valence-corrected chi connectivity index (χ0v) is 13.8. The highest BCUT2D eigenvalue weighted by molar-refractivity contribution is 5.92. The summed E-state index contributed by atoms with van der Waals surface area (Å²) in [6.45, 7) is 1.17. The van der Waals surface area contributed by atoms with E-state index in [4.69, 9.17) is 0 Å². The molecule has 1 aliphatic rings. The van der Waals surface area contributed by atoms with Gasteiger partial charge in [0.1, 0.15) is 11.5 Å². The van der Waals surface area contributed by atoms with Gasteiger partial charge >= 0.3 is 0 Å². The van der Waals surface area contributed by atoms with Gasteiger partial charge in [-0.1, -0.05) is 18.2 Å². The highest BCUT2D eigenvalue weighted by atomic mass is 19.1.